The number of aliphatic carboxylic acids is 1. The third-order valence-electron chi connectivity index (χ3n) is 2.19. The lowest BCUT2D eigenvalue weighted by Crippen LogP contribution is -2.25. The lowest BCUT2D eigenvalue weighted by molar-refractivity contribution is -0.132. The van der Waals surface area contributed by atoms with Gasteiger partial charge in [0.15, 0.2) is 0 Å². The second kappa shape index (κ2) is 6.23. The van der Waals surface area contributed by atoms with Gasteiger partial charge in [-0.1, -0.05) is 12.1 Å². The molecule has 0 aromatic heterocycles. The molecule has 0 saturated carbocycles. The Morgan fingerprint density at radius 2 is 1.70 bits per heavy atom. The molecule has 20 heavy (non-hydrogen) atoms. The van der Waals surface area contributed by atoms with Crippen molar-refractivity contribution in [1.29, 1.82) is 0 Å². The summed E-state index contributed by atoms with van der Waals surface area (Å²) >= 11 is 0. The SMILES string of the molecule is C/C(=C\c1ccc(OC(=O)OC(C)(C)C)cc1)C(=O)O. The highest BCUT2D eigenvalue weighted by molar-refractivity contribution is 5.91. The van der Waals surface area contributed by atoms with Gasteiger partial charge in [0.05, 0.1) is 0 Å². The average Bonchev–Trinajstić information content (AvgIpc) is 2.28. The second-order valence-corrected chi connectivity index (χ2v) is 5.27. The molecule has 1 aromatic rings. The number of hydrogen-bond donors (Lipinski definition) is 1. The van der Waals surface area contributed by atoms with Crippen molar-refractivity contribution in [1.82, 2.24) is 0 Å². The van der Waals surface area contributed by atoms with Crippen LogP contribution in [0.2, 0.25) is 0 Å². The van der Waals surface area contributed by atoms with E-state index < -0.39 is 17.7 Å². The lowest BCUT2D eigenvalue weighted by atomic mass is 10.1. The molecule has 0 heterocycles. The number of carboxylic acids is 1. The van der Waals surface area contributed by atoms with Crippen molar-refractivity contribution < 1.29 is 24.2 Å². The maximum Gasteiger partial charge on any atom is 0.514 e. The van der Waals surface area contributed by atoms with E-state index in [1.54, 1.807) is 45.0 Å². The first kappa shape index (κ1) is 15.8. The topological polar surface area (TPSA) is 72.8 Å². The van der Waals surface area contributed by atoms with Crippen LogP contribution < -0.4 is 4.74 Å². The summed E-state index contributed by atoms with van der Waals surface area (Å²) in [4.78, 5) is 22.1. The molecule has 0 spiro atoms. The normalized spacial score (nSPS) is 11.9. The zero-order valence-corrected chi connectivity index (χ0v) is 12.0. The van der Waals surface area contributed by atoms with Crippen LogP contribution in [0.1, 0.15) is 33.3 Å². The summed E-state index contributed by atoms with van der Waals surface area (Å²) < 4.78 is 10.0. The second-order valence-electron chi connectivity index (χ2n) is 5.27. The van der Waals surface area contributed by atoms with Crippen LogP contribution in [-0.4, -0.2) is 22.8 Å². The van der Waals surface area contributed by atoms with E-state index in [-0.39, 0.29) is 5.57 Å². The van der Waals surface area contributed by atoms with Crippen LogP contribution in [-0.2, 0) is 9.53 Å². The fraction of sp³-hybridized carbons (Fsp3) is 0.333. The minimum atomic E-state index is -0.973. The Morgan fingerprint density at radius 3 is 2.15 bits per heavy atom. The Labute approximate surface area is 117 Å². The number of ether oxygens (including phenoxy) is 2. The molecular formula is C15H18O5. The molecule has 5 nitrogen and oxygen atoms in total. The smallest absolute Gasteiger partial charge is 0.478 e. The highest BCUT2D eigenvalue weighted by Crippen LogP contribution is 2.16. The molecule has 0 fully saturated rings. The molecule has 0 atom stereocenters. The van der Waals surface area contributed by atoms with Crippen LogP contribution in [0.15, 0.2) is 29.8 Å². The van der Waals surface area contributed by atoms with Crippen molar-refractivity contribution in [3.8, 4) is 5.75 Å². The largest absolute Gasteiger partial charge is 0.514 e. The van der Waals surface area contributed by atoms with Gasteiger partial charge < -0.3 is 14.6 Å². The molecular weight excluding hydrogens is 260 g/mol. The van der Waals surface area contributed by atoms with E-state index in [4.69, 9.17) is 14.6 Å². The van der Waals surface area contributed by atoms with Gasteiger partial charge in [0, 0.05) is 5.57 Å². The Kier molecular flexibility index (Phi) is 4.91. The van der Waals surface area contributed by atoms with E-state index in [0.29, 0.717) is 11.3 Å². The fourth-order valence-corrected chi connectivity index (χ4v) is 1.31. The zero-order chi connectivity index (χ0) is 15.3. The molecule has 1 N–H and O–H groups in total. The molecule has 0 amide bonds. The van der Waals surface area contributed by atoms with Crippen molar-refractivity contribution >= 4 is 18.2 Å². The molecule has 0 aliphatic carbocycles. The maximum atomic E-state index is 11.4. The maximum absolute atomic E-state index is 11.4. The van der Waals surface area contributed by atoms with E-state index in [9.17, 15) is 9.59 Å². The minimum absolute atomic E-state index is 0.228. The van der Waals surface area contributed by atoms with Gasteiger partial charge in [-0.3, -0.25) is 0 Å². The van der Waals surface area contributed by atoms with Gasteiger partial charge in [0.1, 0.15) is 11.4 Å². The van der Waals surface area contributed by atoms with Crippen molar-refractivity contribution in [2.24, 2.45) is 0 Å². The lowest BCUT2D eigenvalue weighted by Gasteiger charge is -2.18. The molecule has 0 aliphatic rings. The highest BCUT2D eigenvalue weighted by Gasteiger charge is 2.17. The van der Waals surface area contributed by atoms with Crippen LogP contribution in [0.4, 0.5) is 4.79 Å². The number of carboxylic acid groups (broad SMARTS) is 1. The van der Waals surface area contributed by atoms with E-state index in [1.807, 2.05) is 0 Å². The van der Waals surface area contributed by atoms with Crippen molar-refractivity contribution in [2.45, 2.75) is 33.3 Å². The number of rotatable bonds is 3. The molecule has 1 aromatic carbocycles. The Hall–Kier alpha value is -2.30. The standard InChI is InChI=1S/C15H18O5/c1-10(13(16)17)9-11-5-7-12(8-6-11)19-14(18)20-15(2,3)4/h5-9H,1-4H3,(H,16,17)/b10-9+. The molecule has 1 rings (SSSR count). The summed E-state index contributed by atoms with van der Waals surface area (Å²) in [6, 6.07) is 6.47. The van der Waals surface area contributed by atoms with E-state index in [0.717, 1.165) is 0 Å². The summed E-state index contributed by atoms with van der Waals surface area (Å²) in [5, 5.41) is 8.77. The van der Waals surface area contributed by atoms with Crippen LogP contribution in [0, 0.1) is 0 Å². The van der Waals surface area contributed by atoms with Gasteiger partial charge in [0.25, 0.3) is 0 Å². The van der Waals surface area contributed by atoms with Crippen LogP contribution >= 0.6 is 0 Å². The molecule has 0 aliphatic heterocycles. The first-order valence-electron chi connectivity index (χ1n) is 6.10. The fourth-order valence-electron chi connectivity index (χ4n) is 1.31. The van der Waals surface area contributed by atoms with Crippen molar-refractivity contribution in [3.63, 3.8) is 0 Å². The average molecular weight is 278 g/mol. The molecule has 0 bridgehead atoms. The summed E-state index contributed by atoms with van der Waals surface area (Å²) in [5.41, 5.74) is 0.325. The van der Waals surface area contributed by atoms with Gasteiger partial charge >= 0.3 is 12.1 Å². The summed E-state index contributed by atoms with van der Waals surface area (Å²) in [5.74, 6) is -0.636. The van der Waals surface area contributed by atoms with Crippen molar-refractivity contribution in [3.05, 3.63) is 35.4 Å². The Bertz CT molecular complexity index is 520. The molecule has 0 unspecified atom stereocenters. The highest BCUT2D eigenvalue weighted by atomic mass is 16.7. The summed E-state index contributed by atoms with van der Waals surface area (Å²) in [6.07, 6.45) is 0.752. The zero-order valence-electron chi connectivity index (χ0n) is 12.0. The molecule has 0 radical (unpaired) electrons. The van der Waals surface area contributed by atoms with Gasteiger partial charge in [0.2, 0.25) is 0 Å². The quantitative estimate of drug-likeness (QED) is 0.520. The Balaban J connectivity index is 2.70. The monoisotopic (exact) mass is 278 g/mol. The molecule has 5 heteroatoms. The van der Waals surface area contributed by atoms with Gasteiger partial charge in [-0.05, 0) is 51.5 Å². The van der Waals surface area contributed by atoms with E-state index in [1.165, 1.54) is 13.0 Å². The van der Waals surface area contributed by atoms with Crippen LogP contribution in [0.3, 0.4) is 0 Å². The van der Waals surface area contributed by atoms with Gasteiger partial charge in [-0.15, -0.1) is 0 Å². The van der Waals surface area contributed by atoms with E-state index in [2.05, 4.69) is 0 Å². The predicted molar refractivity (Wildman–Crippen MR) is 74.6 cm³/mol. The third kappa shape index (κ3) is 5.56. The van der Waals surface area contributed by atoms with Crippen LogP contribution in [0.25, 0.3) is 6.08 Å². The predicted octanol–water partition coefficient (Wildman–Crippen LogP) is 3.49. The summed E-state index contributed by atoms with van der Waals surface area (Å²) in [7, 11) is 0. The first-order valence-corrected chi connectivity index (χ1v) is 6.10. The minimum Gasteiger partial charge on any atom is -0.478 e. The van der Waals surface area contributed by atoms with Crippen LogP contribution in [0.5, 0.6) is 5.75 Å². The molecule has 0 saturated heterocycles. The molecule has 108 valence electrons. The van der Waals surface area contributed by atoms with Crippen molar-refractivity contribution in [2.75, 3.05) is 0 Å². The first-order chi connectivity index (χ1) is 9.17. The number of carbonyl (C=O) groups is 2. The Morgan fingerprint density at radius 1 is 1.15 bits per heavy atom. The van der Waals surface area contributed by atoms with E-state index >= 15 is 0 Å². The number of carbonyl (C=O) groups excluding carboxylic acids is 1. The summed E-state index contributed by atoms with van der Waals surface area (Å²) in [6.45, 7) is 6.75. The third-order valence-corrected chi connectivity index (χ3v) is 2.19. The number of benzene rings is 1. The van der Waals surface area contributed by atoms with Gasteiger partial charge in [-0.2, -0.15) is 0 Å². The number of hydrogen-bond acceptors (Lipinski definition) is 4. The van der Waals surface area contributed by atoms with Gasteiger partial charge in [-0.25, -0.2) is 9.59 Å².